The van der Waals surface area contributed by atoms with Crippen LogP contribution >= 0.6 is 0 Å². The van der Waals surface area contributed by atoms with Crippen molar-refractivity contribution in [3.05, 3.63) is 29.6 Å². The summed E-state index contributed by atoms with van der Waals surface area (Å²) >= 11 is 0. The molecule has 0 aliphatic carbocycles. The van der Waals surface area contributed by atoms with Crippen LogP contribution in [0.3, 0.4) is 0 Å². The maximum absolute atomic E-state index is 5.56. The number of likely N-dealkylation sites (N-methyl/N-ethyl adjacent to an activating group) is 2. The molecule has 2 rings (SSSR count). The normalized spacial score (nSPS) is 20.1. The summed E-state index contributed by atoms with van der Waals surface area (Å²) in [6.07, 6.45) is 0. The standard InChI is InChI=1S/C15H25N3O2.Pb/c1-17-6-8-19-10-11-20-9-7-18(2)13-15-5-3-4-14(12-17)16-15;/h3-5H,6-13H2,1-2H3;/q;+2. The quantitative estimate of drug-likeness (QED) is 0.503. The number of ether oxygens (including phenoxy) is 2. The second-order valence-electron chi connectivity index (χ2n) is 5.32. The molecular formula is C15H25N3O2Pb+2. The molecule has 1 aromatic rings. The SMILES string of the molecule is CN1CCOCCOCCN(C)Cc2cccc(n2)C1.[Pb+2]. The molecule has 2 heterocycles. The van der Waals surface area contributed by atoms with Crippen LogP contribution in [0.5, 0.6) is 0 Å². The fourth-order valence-electron chi connectivity index (χ4n) is 2.18. The molecule has 21 heavy (non-hydrogen) atoms. The van der Waals surface area contributed by atoms with Gasteiger partial charge in [0, 0.05) is 26.2 Å². The van der Waals surface area contributed by atoms with E-state index < -0.39 is 0 Å². The zero-order valence-corrected chi connectivity index (χ0v) is 16.9. The summed E-state index contributed by atoms with van der Waals surface area (Å²) in [6, 6.07) is 6.26. The first kappa shape index (κ1) is 19.0. The van der Waals surface area contributed by atoms with Crippen molar-refractivity contribution < 1.29 is 9.47 Å². The molecule has 114 valence electrons. The Bertz CT molecular complexity index is 373. The summed E-state index contributed by atoms with van der Waals surface area (Å²) in [5.74, 6) is 0. The van der Waals surface area contributed by atoms with Crippen molar-refractivity contribution in [1.29, 1.82) is 0 Å². The molecule has 2 bridgehead atoms. The van der Waals surface area contributed by atoms with Gasteiger partial charge in [0.2, 0.25) is 0 Å². The van der Waals surface area contributed by atoms with Crippen LogP contribution in [-0.4, -0.2) is 95.7 Å². The zero-order valence-electron chi connectivity index (χ0n) is 13.0. The summed E-state index contributed by atoms with van der Waals surface area (Å²) < 4.78 is 11.1. The van der Waals surface area contributed by atoms with Crippen molar-refractivity contribution in [3.63, 3.8) is 0 Å². The van der Waals surface area contributed by atoms with Crippen LogP contribution in [-0.2, 0) is 22.6 Å². The molecular weight excluding hydrogens is 461 g/mol. The fourth-order valence-corrected chi connectivity index (χ4v) is 2.18. The van der Waals surface area contributed by atoms with E-state index >= 15 is 0 Å². The van der Waals surface area contributed by atoms with Gasteiger partial charge >= 0.3 is 27.3 Å². The topological polar surface area (TPSA) is 37.8 Å². The van der Waals surface area contributed by atoms with Crippen molar-refractivity contribution >= 4 is 27.3 Å². The summed E-state index contributed by atoms with van der Waals surface area (Å²) in [4.78, 5) is 9.18. The van der Waals surface area contributed by atoms with Crippen LogP contribution in [0.2, 0.25) is 0 Å². The van der Waals surface area contributed by atoms with Crippen molar-refractivity contribution in [1.82, 2.24) is 14.8 Å². The second-order valence-corrected chi connectivity index (χ2v) is 5.32. The van der Waals surface area contributed by atoms with Crippen molar-refractivity contribution in [2.75, 3.05) is 53.6 Å². The third-order valence-electron chi connectivity index (χ3n) is 3.33. The van der Waals surface area contributed by atoms with Gasteiger partial charge in [-0.3, -0.25) is 14.8 Å². The van der Waals surface area contributed by atoms with Crippen LogP contribution in [0.4, 0.5) is 0 Å². The number of pyridine rings is 1. The Morgan fingerprint density at radius 3 is 1.81 bits per heavy atom. The number of nitrogens with zero attached hydrogens (tertiary/aromatic N) is 3. The molecule has 0 amide bonds. The zero-order chi connectivity index (χ0) is 14.2. The average Bonchev–Trinajstić information content (AvgIpc) is 2.41. The fraction of sp³-hybridized carbons (Fsp3) is 0.667. The van der Waals surface area contributed by atoms with Gasteiger partial charge in [0.15, 0.2) is 0 Å². The summed E-state index contributed by atoms with van der Waals surface area (Å²) in [5, 5.41) is 0. The number of hydrogen-bond acceptors (Lipinski definition) is 5. The van der Waals surface area contributed by atoms with Gasteiger partial charge in [-0.25, -0.2) is 0 Å². The first-order valence-electron chi connectivity index (χ1n) is 7.21. The molecule has 0 aromatic carbocycles. The summed E-state index contributed by atoms with van der Waals surface area (Å²) in [5.41, 5.74) is 2.23. The van der Waals surface area contributed by atoms with Crippen LogP contribution in [0, 0.1) is 0 Å². The van der Waals surface area contributed by atoms with Crippen LogP contribution in [0.1, 0.15) is 11.4 Å². The van der Waals surface area contributed by atoms with Crippen molar-refractivity contribution in [2.45, 2.75) is 13.1 Å². The maximum Gasteiger partial charge on any atom is 2.00 e. The smallest absolute Gasteiger partial charge is 0.378 e. The monoisotopic (exact) mass is 487 g/mol. The molecule has 0 unspecified atom stereocenters. The third-order valence-corrected chi connectivity index (χ3v) is 3.33. The number of rotatable bonds is 0. The molecule has 1 aromatic heterocycles. The third kappa shape index (κ3) is 7.64. The number of fused-ring (bicyclic) bond motifs is 2. The molecule has 1 aliphatic rings. The Kier molecular flexibility index (Phi) is 9.58. The van der Waals surface area contributed by atoms with Gasteiger partial charge in [-0.1, -0.05) is 6.07 Å². The van der Waals surface area contributed by atoms with E-state index in [0.29, 0.717) is 13.2 Å². The molecule has 0 saturated heterocycles. The van der Waals surface area contributed by atoms with Gasteiger partial charge in [0.1, 0.15) is 0 Å². The molecule has 5 nitrogen and oxygen atoms in total. The Balaban J connectivity index is 0.00000220. The van der Waals surface area contributed by atoms with Gasteiger partial charge in [-0.15, -0.1) is 0 Å². The minimum atomic E-state index is 0. The van der Waals surface area contributed by atoms with Gasteiger partial charge in [0.05, 0.1) is 37.8 Å². The molecule has 1 aliphatic heterocycles. The first-order valence-corrected chi connectivity index (χ1v) is 7.21. The largest absolute Gasteiger partial charge is 2.00 e. The van der Waals surface area contributed by atoms with E-state index in [4.69, 9.17) is 14.5 Å². The maximum atomic E-state index is 5.56. The Morgan fingerprint density at radius 2 is 1.33 bits per heavy atom. The average molecular weight is 487 g/mol. The van der Waals surface area contributed by atoms with E-state index in [-0.39, 0.29) is 27.3 Å². The molecule has 6 heteroatoms. The van der Waals surface area contributed by atoms with Gasteiger partial charge in [-0.05, 0) is 26.2 Å². The summed E-state index contributed by atoms with van der Waals surface area (Å²) in [7, 11) is 4.19. The summed E-state index contributed by atoms with van der Waals surface area (Å²) in [6.45, 7) is 6.35. The molecule has 0 fully saturated rings. The van der Waals surface area contributed by atoms with E-state index in [1.807, 2.05) is 0 Å². The Morgan fingerprint density at radius 1 is 0.857 bits per heavy atom. The van der Waals surface area contributed by atoms with Crippen LogP contribution < -0.4 is 0 Å². The van der Waals surface area contributed by atoms with E-state index in [1.54, 1.807) is 0 Å². The molecule has 0 spiro atoms. The van der Waals surface area contributed by atoms with Crippen LogP contribution in [0.25, 0.3) is 0 Å². The van der Waals surface area contributed by atoms with Gasteiger partial charge in [-0.2, -0.15) is 0 Å². The first-order chi connectivity index (χ1) is 9.74. The van der Waals surface area contributed by atoms with Gasteiger partial charge < -0.3 is 9.47 Å². The van der Waals surface area contributed by atoms with E-state index in [9.17, 15) is 0 Å². The van der Waals surface area contributed by atoms with E-state index in [2.05, 4.69) is 42.1 Å². The van der Waals surface area contributed by atoms with E-state index in [1.165, 1.54) is 0 Å². The number of hydrogen-bond donors (Lipinski definition) is 0. The molecule has 2 radical (unpaired) electrons. The Labute approximate surface area is 147 Å². The van der Waals surface area contributed by atoms with Gasteiger partial charge in [0.25, 0.3) is 0 Å². The number of aromatic nitrogens is 1. The van der Waals surface area contributed by atoms with Crippen molar-refractivity contribution in [2.24, 2.45) is 0 Å². The molecule has 0 atom stereocenters. The van der Waals surface area contributed by atoms with E-state index in [0.717, 1.165) is 50.8 Å². The molecule has 0 N–H and O–H groups in total. The van der Waals surface area contributed by atoms with Crippen LogP contribution in [0.15, 0.2) is 18.2 Å². The second kappa shape index (κ2) is 10.6. The minimum Gasteiger partial charge on any atom is -0.378 e. The Hall–Kier alpha value is -0.0879. The van der Waals surface area contributed by atoms with Crippen molar-refractivity contribution in [3.8, 4) is 0 Å². The predicted molar refractivity (Wildman–Crippen MR) is 84.3 cm³/mol. The molecule has 0 saturated carbocycles. The minimum absolute atomic E-state index is 0. The predicted octanol–water partition coefficient (Wildman–Crippen LogP) is 0.611.